The summed E-state index contributed by atoms with van der Waals surface area (Å²) in [5, 5.41) is 3.62. The lowest BCUT2D eigenvalue weighted by Gasteiger charge is -2.16. The van der Waals surface area contributed by atoms with E-state index in [1.807, 2.05) is 20.8 Å². The van der Waals surface area contributed by atoms with Gasteiger partial charge in [0.05, 0.1) is 6.21 Å². The van der Waals surface area contributed by atoms with Crippen molar-refractivity contribution in [3.8, 4) is 0 Å². The Labute approximate surface area is 55.1 Å². The molecule has 3 nitrogen and oxygen atoms in total. The van der Waals surface area contributed by atoms with Gasteiger partial charge < -0.3 is 5.43 Å². The molecule has 0 aliphatic carbocycles. The fourth-order valence-electron chi connectivity index (χ4n) is 0.261. The Balaban J connectivity index is 3.50. The van der Waals surface area contributed by atoms with Crippen molar-refractivity contribution in [3.63, 3.8) is 0 Å². The predicted octanol–water partition coefficient (Wildman–Crippen LogP) is 0.559. The monoisotopic (exact) mass is 128 g/mol. The van der Waals surface area contributed by atoms with Gasteiger partial charge in [-0.15, -0.1) is 0 Å². The second-order valence-corrected chi connectivity index (χ2v) is 2.78. The lowest BCUT2D eigenvalue weighted by molar-refractivity contribution is -0.102. The van der Waals surface area contributed by atoms with Crippen LogP contribution in [0.25, 0.3) is 0 Å². The number of hydrogen-bond donors (Lipinski definition) is 1. The molecule has 0 radical (unpaired) electrons. The van der Waals surface area contributed by atoms with Crippen LogP contribution in [0.4, 0.5) is 0 Å². The van der Waals surface area contributed by atoms with Crippen molar-refractivity contribution in [2.24, 2.45) is 5.10 Å². The second-order valence-electron chi connectivity index (χ2n) is 2.78. The number of aldehydes is 1. The fraction of sp³-hybridized carbons (Fsp3) is 0.667. The smallest absolute Gasteiger partial charge is 0.162 e. The number of nitrogens with one attached hydrogen (secondary N) is 1. The maximum Gasteiger partial charge on any atom is 0.162 e. The maximum absolute atomic E-state index is 9.70. The number of carbonyl (C=O) groups excluding carboxylic acids is 1. The highest BCUT2D eigenvalue weighted by Crippen LogP contribution is 1.96. The molecule has 9 heavy (non-hydrogen) atoms. The fourth-order valence-corrected chi connectivity index (χ4v) is 0.261. The van der Waals surface area contributed by atoms with Gasteiger partial charge in [0.2, 0.25) is 0 Å². The molecule has 0 aromatic carbocycles. The van der Waals surface area contributed by atoms with Crippen molar-refractivity contribution in [1.82, 2.24) is 5.43 Å². The summed E-state index contributed by atoms with van der Waals surface area (Å²) < 4.78 is 0. The lowest BCUT2D eigenvalue weighted by atomic mass is 10.1. The van der Waals surface area contributed by atoms with Crippen molar-refractivity contribution < 1.29 is 4.79 Å². The van der Waals surface area contributed by atoms with E-state index in [0.717, 1.165) is 0 Å². The van der Waals surface area contributed by atoms with Gasteiger partial charge >= 0.3 is 0 Å². The topological polar surface area (TPSA) is 41.5 Å². The minimum absolute atomic E-state index is 0.0560. The third-order valence-corrected chi connectivity index (χ3v) is 0.535. The van der Waals surface area contributed by atoms with E-state index in [4.69, 9.17) is 0 Å². The molecule has 0 saturated heterocycles. The van der Waals surface area contributed by atoms with E-state index < -0.39 is 0 Å². The van der Waals surface area contributed by atoms with Crippen molar-refractivity contribution in [2.75, 3.05) is 0 Å². The average Bonchev–Trinajstić information content (AvgIpc) is 1.63. The summed E-state index contributed by atoms with van der Waals surface area (Å²) in [6, 6.07) is 0. The Morgan fingerprint density at radius 3 is 2.33 bits per heavy atom. The number of hydrazone groups is 1. The van der Waals surface area contributed by atoms with Crippen molar-refractivity contribution in [1.29, 1.82) is 0 Å². The highest BCUT2D eigenvalue weighted by atomic mass is 16.1. The molecule has 0 saturated carbocycles. The molecule has 0 aliphatic heterocycles. The van der Waals surface area contributed by atoms with Crippen LogP contribution in [-0.2, 0) is 4.79 Å². The standard InChI is InChI=1S/C6H12N2O/c1-6(2,3)8-7-4-5-9/h4-5,8H,1-3H3. The van der Waals surface area contributed by atoms with Gasteiger partial charge in [0.15, 0.2) is 6.29 Å². The lowest BCUT2D eigenvalue weighted by Crippen LogP contribution is -2.31. The predicted molar refractivity (Wildman–Crippen MR) is 37.4 cm³/mol. The molecule has 0 rings (SSSR count). The minimum atomic E-state index is -0.0560. The van der Waals surface area contributed by atoms with Crippen LogP contribution in [0.15, 0.2) is 5.10 Å². The number of rotatable bonds is 2. The second kappa shape index (κ2) is 3.22. The molecule has 52 valence electrons. The molecule has 0 aromatic heterocycles. The van der Waals surface area contributed by atoms with Gasteiger partial charge in [-0.1, -0.05) is 0 Å². The summed E-state index contributed by atoms with van der Waals surface area (Å²) in [6.07, 6.45) is 1.82. The molecule has 0 aromatic rings. The van der Waals surface area contributed by atoms with Gasteiger partial charge in [0.1, 0.15) is 0 Å². The highest BCUT2D eigenvalue weighted by molar-refractivity contribution is 6.12. The molecule has 0 bridgehead atoms. The molecule has 0 amide bonds. The molecule has 0 fully saturated rings. The van der Waals surface area contributed by atoms with Crippen molar-refractivity contribution in [3.05, 3.63) is 0 Å². The SMILES string of the molecule is CC(C)(C)NN=CC=O. The van der Waals surface area contributed by atoms with Crippen LogP contribution in [0.2, 0.25) is 0 Å². The highest BCUT2D eigenvalue weighted by Gasteiger charge is 2.04. The molecule has 3 heteroatoms. The normalized spacial score (nSPS) is 11.9. The van der Waals surface area contributed by atoms with E-state index in [-0.39, 0.29) is 5.54 Å². The maximum atomic E-state index is 9.70. The van der Waals surface area contributed by atoms with Crippen LogP contribution in [-0.4, -0.2) is 18.0 Å². The van der Waals surface area contributed by atoms with E-state index in [1.54, 1.807) is 0 Å². The van der Waals surface area contributed by atoms with Gasteiger partial charge in [-0.05, 0) is 20.8 Å². The summed E-state index contributed by atoms with van der Waals surface area (Å²) in [7, 11) is 0. The van der Waals surface area contributed by atoms with E-state index in [0.29, 0.717) is 6.29 Å². The first-order chi connectivity index (χ1) is 4.06. The molecule has 0 atom stereocenters. The number of nitrogens with zero attached hydrogens (tertiary/aromatic N) is 1. The summed E-state index contributed by atoms with van der Waals surface area (Å²) in [4.78, 5) is 9.70. The number of hydrogen-bond acceptors (Lipinski definition) is 3. The third kappa shape index (κ3) is 7.14. The van der Waals surface area contributed by atoms with E-state index >= 15 is 0 Å². The van der Waals surface area contributed by atoms with Crippen LogP contribution in [0, 0.1) is 0 Å². The van der Waals surface area contributed by atoms with Crippen molar-refractivity contribution in [2.45, 2.75) is 26.3 Å². The third-order valence-electron chi connectivity index (χ3n) is 0.535. The average molecular weight is 128 g/mol. The molecular formula is C6H12N2O. The summed E-state index contributed by atoms with van der Waals surface area (Å²) >= 11 is 0. The Hall–Kier alpha value is -0.860. The minimum Gasteiger partial charge on any atom is -0.305 e. The van der Waals surface area contributed by atoms with Crippen LogP contribution in [0.5, 0.6) is 0 Å². The summed E-state index contributed by atoms with van der Waals surface area (Å²) in [6.45, 7) is 5.90. The molecule has 0 unspecified atom stereocenters. The quantitative estimate of drug-likeness (QED) is 0.335. The van der Waals surface area contributed by atoms with E-state index in [9.17, 15) is 4.79 Å². The zero-order chi connectivity index (χ0) is 7.33. The molecular weight excluding hydrogens is 116 g/mol. The first-order valence-corrected chi connectivity index (χ1v) is 2.80. The van der Waals surface area contributed by atoms with Crippen LogP contribution in [0.3, 0.4) is 0 Å². The van der Waals surface area contributed by atoms with Gasteiger partial charge in [-0.3, -0.25) is 4.79 Å². The van der Waals surface area contributed by atoms with Crippen molar-refractivity contribution >= 4 is 12.5 Å². The Kier molecular flexibility index (Phi) is 2.91. The van der Waals surface area contributed by atoms with Crippen LogP contribution < -0.4 is 5.43 Å². The van der Waals surface area contributed by atoms with Crippen LogP contribution in [0.1, 0.15) is 20.8 Å². The van der Waals surface area contributed by atoms with Gasteiger partial charge in [0.25, 0.3) is 0 Å². The Bertz CT molecular complexity index is 113. The van der Waals surface area contributed by atoms with Gasteiger partial charge in [-0.25, -0.2) is 0 Å². The van der Waals surface area contributed by atoms with Gasteiger partial charge in [-0.2, -0.15) is 5.10 Å². The largest absolute Gasteiger partial charge is 0.305 e. The molecule has 0 spiro atoms. The molecule has 0 heterocycles. The Morgan fingerprint density at radius 2 is 2.00 bits per heavy atom. The summed E-state index contributed by atoms with van der Waals surface area (Å²) in [5.41, 5.74) is 2.70. The first kappa shape index (κ1) is 8.14. The van der Waals surface area contributed by atoms with Gasteiger partial charge in [0, 0.05) is 5.54 Å². The first-order valence-electron chi connectivity index (χ1n) is 2.80. The van der Waals surface area contributed by atoms with Crippen LogP contribution >= 0.6 is 0 Å². The van der Waals surface area contributed by atoms with E-state index in [2.05, 4.69) is 10.5 Å². The summed E-state index contributed by atoms with van der Waals surface area (Å²) in [5.74, 6) is 0. The zero-order valence-electron chi connectivity index (χ0n) is 6.01. The zero-order valence-corrected chi connectivity index (χ0v) is 6.01. The molecule has 0 aliphatic rings. The number of carbonyl (C=O) groups is 1. The molecule has 1 N–H and O–H groups in total. The van der Waals surface area contributed by atoms with E-state index in [1.165, 1.54) is 6.21 Å². The Morgan fingerprint density at radius 1 is 1.44 bits per heavy atom.